The van der Waals surface area contributed by atoms with Gasteiger partial charge >= 0.3 is 0 Å². The topological polar surface area (TPSA) is 84.9 Å². The third kappa shape index (κ3) is 5.89. The Kier molecular flexibility index (Phi) is 7.83. The van der Waals surface area contributed by atoms with Gasteiger partial charge in [0.05, 0.1) is 23.7 Å². The van der Waals surface area contributed by atoms with Gasteiger partial charge in [-0.05, 0) is 60.5 Å². The molecule has 0 fully saturated rings. The molecule has 35 heavy (non-hydrogen) atoms. The summed E-state index contributed by atoms with van der Waals surface area (Å²) >= 11 is 5.92. The Morgan fingerprint density at radius 1 is 1.09 bits per heavy atom. The zero-order valence-corrected chi connectivity index (χ0v) is 20.9. The molecule has 1 atom stereocenters. The summed E-state index contributed by atoms with van der Waals surface area (Å²) < 4.78 is 39.5. The highest BCUT2D eigenvalue weighted by Gasteiger charge is 2.37. The second-order valence-corrected chi connectivity index (χ2v) is 10.4. The summed E-state index contributed by atoms with van der Waals surface area (Å²) in [6.07, 6.45) is 1.09. The molecule has 1 amide bonds. The molecule has 184 valence electrons. The second kappa shape index (κ2) is 11.0. The number of hydrogen-bond donors (Lipinski definition) is 1. The Morgan fingerprint density at radius 3 is 2.51 bits per heavy atom. The minimum Gasteiger partial charge on any atom is -0.492 e. The molecule has 0 bridgehead atoms. The van der Waals surface area contributed by atoms with Gasteiger partial charge in [0, 0.05) is 5.02 Å². The Balaban J connectivity index is 1.41. The molecule has 0 spiro atoms. The van der Waals surface area contributed by atoms with E-state index in [2.05, 4.69) is 12.2 Å². The summed E-state index contributed by atoms with van der Waals surface area (Å²) in [7, 11) is -3.94. The van der Waals surface area contributed by atoms with Crippen molar-refractivity contribution in [3.63, 3.8) is 0 Å². The van der Waals surface area contributed by atoms with Gasteiger partial charge in [-0.15, -0.1) is 0 Å². The Bertz CT molecular complexity index is 1260. The van der Waals surface area contributed by atoms with E-state index < -0.39 is 22.0 Å². The van der Waals surface area contributed by atoms with Crippen LogP contribution in [0.4, 0.5) is 5.69 Å². The van der Waals surface area contributed by atoms with Crippen LogP contribution in [-0.2, 0) is 21.2 Å². The molecule has 0 aromatic heterocycles. The number of sulfonamides is 1. The maximum atomic E-state index is 13.4. The minimum atomic E-state index is -3.94. The van der Waals surface area contributed by atoms with Crippen molar-refractivity contribution in [2.45, 2.75) is 30.8 Å². The van der Waals surface area contributed by atoms with Crippen LogP contribution in [0.1, 0.15) is 18.9 Å². The van der Waals surface area contributed by atoms with Crippen LogP contribution in [-0.4, -0.2) is 40.1 Å². The van der Waals surface area contributed by atoms with Gasteiger partial charge in [0.15, 0.2) is 6.10 Å². The van der Waals surface area contributed by atoms with E-state index >= 15 is 0 Å². The largest absolute Gasteiger partial charge is 0.492 e. The lowest BCUT2D eigenvalue weighted by Gasteiger charge is -2.34. The first-order valence-electron chi connectivity index (χ1n) is 11.4. The number of benzene rings is 3. The predicted molar refractivity (Wildman–Crippen MR) is 136 cm³/mol. The van der Waals surface area contributed by atoms with Gasteiger partial charge < -0.3 is 14.8 Å². The fraction of sp³-hybridized carbons (Fsp3) is 0.269. The van der Waals surface area contributed by atoms with Crippen molar-refractivity contribution in [3.05, 3.63) is 83.4 Å². The van der Waals surface area contributed by atoms with Crippen LogP contribution in [0, 0.1) is 0 Å². The molecule has 1 aliphatic heterocycles. The number of hydrogen-bond acceptors (Lipinski definition) is 5. The van der Waals surface area contributed by atoms with Crippen molar-refractivity contribution in [1.29, 1.82) is 0 Å². The smallest absolute Gasteiger partial charge is 0.264 e. The lowest BCUT2D eigenvalue weighted by molar-refractivity contribution is -0.127. The molecule has 0 unspecified atom stereocenters. The molecule has 3 aromatic rings. The van der Waals surface area contributed by atoms with Gasteiger partial charge in [-0.1, -0.05) is 49.2 Å². The number of carbonyl (C=O) groups is 1. The molecular weight excluding hydrogens is 488 g/mol. The Hall–Kier alpha value is -3.23. The summed E-state index contributed by atoms with van der Waals surface area (Å²) in [5.74, 6) is 0.625. The molecule has 7 nitrogen and oxygen atoms in total. The van der Waals surface area contributed by atoms with Gasteiger partial charge in [0.2, 0.25) is 0 Å². The van der Waals surface area contributed by atoms with Gasteiger partial charge in [0.1, 0.15) is 18.1 Å². The Labute approximate surface area is 210 Å². The number of fused-ring (bicyclic) bond motifs is 1. The molecule has 0 radical (unpaired) electrons. The number of amides is 1. The first-order valence-corrected chi connectivity index (χ1v) is 13.2. The number of carbonyl (C=O) groups excluding carboxylic acids is 1. The van der Waals surface area contributed by atoms with Crippen molar-refractivity contribution < 1.29 is 22.7 Å². The molecule has 4 rings (SSSR count). The maximum Gasteiger partial charge on any atom is 0.264 e. The van der Waals surface area contributed by atoms with E-state index in [-0.39, 0.29) is 24.6 Å². The van der Waals surface area contributed by atoms with Crippen LogP contribution in [0.15, 0.2) is 77.7 Å². The monoisotopic (exact) mass is 514 g/mol. The van der Waals surface area contributed by atoms with Crippen LogP contribution >= 0.6 is 11.6 Å². The van der Waals surface area contributed by atoms with Crippen molar-refractivity contribution in [1.82, 2.24) is 5.32 Å². The second-order valence-electron chi connectivity index (χ2n) is 8.10. The number of aryl methyl sites for hydroxylation is 1. The van der Waals surface area contributed by atoms with Crippen LogP contribution in [0.2, 0.25) is 5.02 Å². The number of ether oxygens (including phenoxy) is 2. The molecule has 0 aliphatic carbocycles. The van der Waals surface area contributed by atoms with E-state index in [9.17, 15) is 13.2 Å². The molecule has 9 heteroatoms. The summed E-state index contributed by atoms with van der Waals surface area (Å²) in [5, 5.41) is 3.21. The summed E-state index contributed by atoms with van der Waals surface area (Å²) in [5.41, 5.74) is 1.63. The number of para-hydroxylation sites is 2. The van der Waals surface area contributed by atoms with Gasteiger partial charge in [-0.3, -0.25) is 9.10 Å². The highest BCUT2D eigenvalue weighted by molar-refractivity contribution is 7.92. The van der Waals surface area contributed by atoms with Crippen molar-refractivity contribution >= 4 is 33.2 Å². The highest BCUT2D eigenvalue weighted by atomic mass is 35.5. The molecule has 3 aromatic carbocycles. The van der Waals surface area contributed by atoms with E-state index in [0.29, 0.717) is 16.5 Å². The van der Waals surface area contributed by atoms with E-state index in [1.807, 2.05) is 24.3 Å². The van der Waals surface area contributed by atoms with Crippen LogP contribution < -0.4 is 19.1 Å². The van der Waals surface area contributed by atoms with E-state index in [0.717, 1.165) is 18.6 Å². The number of nitrogens with zero attached hydrogens (tertiary/aromatic N) is 1. The molecule has 1 heterocycles. The average Bonchev–Trinajstić information content (AvgIpc) is 2.87. The maximum absolute atomic E-state index is 13.4. The van der Waals surface area contributed by atoms with Gasteiger partial charge in [-0.25, -0.2) is 8.42 Å². The fourth-order valence-corrected chi connectivity index (χ4v) is 5.40. The number of anilines is 1. The molecule has 1 aliphatic rings. The average molecular weight is 515 g/mol. The normalized spacial score (nSPS) is 15.1. The first-order chi connectivity index (χ1) is 16.9. The first kappa shape index (κ1) is 24.9. The summed E-state index contributed by atoms with van der Waals surface area (Å²) in [6, 6.07) is 20.5. The lowest BCUT2D eigenvalue weighted by atomic mass is 10.1. The molecular formula is C26H27ClN2O5S. The van der Waals surface area contributed by atoms with Crippen LogP contribution in [0.25, 0.3) is 0 Å². The summed E-state index contributed by atoms with van der Waals surface area (Å²) in [4.78, 5) is 12.9. The third-order valence-corrected chi connectivity index (χ3v) is 7.61. The molecule has 0 saturated carbocycles. The van der Waals surface area contributed by atoms with Gasteiger partial charge in [0.25, 0.3) is 15.9 Å². The predicted octanol–water partition coefficient (Wildman–Crippen LogP) is 4.44. The van der Waals surface area contributed by atoms with Crippen molar-refractivity contribution in [2.24, 2.45) is 0 Å². The standard InChI is InChI=1S/C26H27ClN2O5S/c1-2-5-19-8-12-21(13-9-19)33-17-16-28-26(30)25-18-29(23-6-3-4-7-24(23)34-25)35(31,32)22-14-10-20(27)11-15-22/h3-4,6-15,25H,2,5,16-18H2,1H3,(H,28,30)/t25-/m0/s1. The third-order valence-electron chi connectivity index (χ3n) is 5.56. The fourth-order valence-electron chi connectivity index (χ4n) is 3.80. The minimum absolute atomic E-state index is 0.0797. The van der Waals surface area contributed by atoms with E-state index in [1.54, 1.807) is 24.3 Å². The number of rotatable bonds is 9. The quantitative estimate of drug-likeness (QED) is 0.427. The lowest BCUT2D eigenvalue weighted by Crippen LogP contribution is -2.51. The molecule has 0 saturated heterocycles. The van der Waals surface area contributed by atoms with E-state index in [4.69, 9.17) is 21.1 Å². The zero-order chi connectivity index (χ0) is 24.8. The van der Waals surface area contributed by atoms with Crippen LogP contribution in [0.3, 0.4) is 0 Å². The number of nitrogens with one attached hydrogen (secondary N) is 1. The zero-order valence-electron chi connectivity index (χ0n) is 19.3. The van der Waals surface area contributed by atoms with Crippen molar-refractivity contribution in [2.75, 3.05) is 24.0 Å². The molecule has 1 N–H and O–H groups in total. The summed E-state index contributed by atoms with van der Waals surface area (Å²) in [6.45, 7) is 2.50. The van der Waals surface area contributed by atoms with Crippen LogP contribution in [0.5, 0.6) is 11.5 Å². The van der Waals surface area contributed by atoms with Gasteiger partial charge in [-0.2, -0.15) is 0 Å². The highest BCUT2D eigenvalue weighted by Crippen LogP contribution is 2.36. The van der Waals surface area contributed by atoms with Crippen molar-refractivity contribution in [3.8, 4) is 11.5 Å². The van der Waals surface area contributed by atoms with E-state index in [1.165, 1.54) is 34.1 Å². The Morgan fingerprint density at radius 2 is 1.80 bits per heavy atom. The number of halogens is 1. The SMILES string of the molecule is CCCc1ccc(OCCNC(=O)[C@@H]2CN(S(=O)(=O)c3ccc(Cl)cc3)c3ccccc3O2)cc1.